The standard InChI is InChI=1S/C20H18F2N4O3/c1-28-10-17-25-19(26-29-17)13-2-4-14-11(8-13)3-5-15(14)24-20(27)16-9-12(18(21)22)6-7-23-16/h2,4,6-9,15,18H,3,5,10H2,1H3,(H,24,27). The van der Waals surface area contributed by atoms with Gasteiger partial charge in [0.15, 0.2) is 0 Å². The van der Waals surface area contributed by atoms with Crippen LogP contribution < -0.4 is 5.32 Å². The molecule has 0 saturated heterocycles. The van der Waals surface area contributed by atoms with Crippen molar-refractivity contribution < 1.29 is 22.8 Å². The minimum absolute atomic E-state index is 0.0228. The zero-order chi connectivity index (χ0) is 20.4. The Bertz CT molecular complexity index is 1040. The molecule has 0 saturated carbocycles. The van der Waals surface area contributed by atoms with Crippen LogP contribution in [0, 0.1) is 0 Å². The fourth-order valence-corrected chi connectivity index (χ4v) is 3.40. The van der Waals surface area contributed by atoms with Gasteiger partial charge in [0.2, 0.25) is 5.82 Å². The number of fused-ring (bicyclic) bond motifs is 1. The molecule has 4 rings (SSSR count). The third kappa shape index (κ3) is 4.00. The number of hydrogen-bond donors (Lipinski definition) is 1. The number of rotatable bonds is 6. The second-order valence-electron chi connectivity index (χ2n) is 6.70. The Kier molecular flexibility index (Phi) is 5.30. The number of methoxy groups -OCH3 is 1. The number of carbonyl (C=O) groups excluding carboxylic acids is 1. The average molecular weight is 400 g/mol. The van der Waals surface area contributed by atoms with Crippen molar-refractivity contribution >= 4 is 5.91 Å². The molecule has 1 N–H and O–H groups in total. The lowest BCUT2D eigenvalue weighted by Crippen LogP contribution is -2.28. The number of nitrogens with zero attached hydrogens (tertiary/aromatic N) is 3. The van der Waals surface area contributed by atoms with Crippen LogP contribution in [-0.2, 0) is 17.8 Å². The third-order valence-electron chi connectivity index (χ3n) is 4.79. The Morgan fingerprint density at radius 2 is 2.21 bits per heavy atom. The van der Waals surface area contributed by atoms with Crippen LogP contribution in [0.4, 0.5) is 8.78 Å². The molecule has 1 amide bonds. The van der Waals surface area contributed by atoms with Crippen molar-refractivity contribution in [2.45, 2.75) is 31.9 Å². The number of nitrogens with one attached hydrogen (secondary N) is 1. The summed E-state index contributed by atoms with van der Waals surface area (Å²) in [5.74, 6) is 0.392. The normalized spacial score (nSPS) is 15.5. The number of halogens is 2. The van der Waals surface area contributed by atoms with Crippen LogP contribution in [0.5, 0.6) is 0 Å². The topological polar surface area (TPSA) is 90.1 Å². The van der Waals surface area contributed by atoms with Crippen LogP contribution in [0.15, 0.2) is 41.1 Å². The van der Waals surface area contributed by atoms with Crippen LogP contribution >= 0.6 is 0 Å². The molecule has 1 aliphatic carbocycles. The summed E-state index contributed by atoms with van der Waals surface area (Å²) in [6.07, 6.45) is 0.0417. The van der Waals surface area contributed by atoms with Crippen molar-refractivity contribution in [1.29, 1.82) is 0 Å². The van der Waals surface area contributed by atoms with Gasteiger partial charge >= 0.3 is 0 Å². The SMILES string of the molecule is COCc1nc(-c2ccc3c(c2)CCC3NC(=O)c2cc(C(F)F)ccn2)no1. The number of alkyl halides is 2. The van der Waals surface area contributed by atoms with E-state index < -0.39 is 12.3 Å². The predicted molar refractivity (Wildman–Crippen MR) is 98.2 cm³/mol. The van der Waals surface area contributed by atoms with E-state index in [9.17, 15) is 13.6 Å². The van der Waals surface area contributed by atoms with Gasteiger partial charge in [-0.15, -0.1) is 0 Å². The first-order valence-corrected chi connectivity index (χ1v) is 9.05. The Morgan fingerprint density at radius 3 is 3.00 bits per heavy atom. The number of amides is 1. The minimum Gasteiger partial charge on any atom is -0.375 e. The molecule has 0 spiro atoms. The monoisotopic (exact) mass is 400 g/mol. The molecule has 2 aromatic heterocycles. The number of aryl methyl sites for hydroxylation is 1. The Balaban J connectivity index is 1.50. The first kappa shape index (κ1) is 19.1. The minimum atomic E-state index is -2.65. The van der Waals surface area contributed by atoms with Gasteiger partial charge in [-0.1, -0.05) is 17.3 Å². The maximum absolute atomic E-state index is 12.9. The lowest BCUT2D eigenvalue weighted by atomic mass is 10.0. The van der Waals surface area contributed by atoms with E-state index >= 15 is 0 Å². The number of carbonyl (C=O) groups is 1. The van der Waals surface area contributed by atoms with Crippen LogP contribution in [0.3, 0.4) is 0 Å². The molecule has 2 heterocycles. The van der Waals surface area contributed by atoms with Crippen molar-refractivity contribution in [1.82, 2.24) is 20.4 Å². The molecule has 9 heteroatoms. The quantitative estimate of drug-likeness (QED) is 0.680. The summed E-state index contributed by atoms with van der Waals surface area (Å²) in [4.78, 5) is 20.7. The fraction of sp³-hybridized carbons (Fsp3) is 0.300. The van der Waals surface area contributed by atoms with Crippen LogP contribution in [0.1, 0.15) is 52.0 Å². The van der Waals surface area contributed by atoms with Crippen molar-refractivity contribution in [3.63, 3.8) is 0 Å². The maximum Gasteiger partial charge on any atom is 0.270 e. The van der Waals surface area contributed by atoms with Gasteiger partial charge in [-0.05, 0) is 42.2 Å². The van der Waals surface area contributed by atoms with Crippen molar-refractivity contribution in [3.05, 3.63) is 64.8 Å². The van der Waals surface area contributed by atoms with Crippen LogP contribution in [-0.4, -0.2) is 28.1 Å². The van der Waals surface area contributed by atoms with E-state index in [1.54, 1.807) is 7.11 Å². The fourth-order valence-electron chi connectivity index (χ4n) is 3.40. The molecule has 1 aromatic carbocycles. The number of aromatic nitrogens is 3. The Morgan fingerprint density at radius 1 is 1.34 bits per heavy atom. The van der Waals surface area contributed by atoms with Gasteiger partial charge in [-0.25, -0.2) is 8.78 Å². The highest BCUT2D eigenvalue weighted by molar-refractivity contribution is 5.92. The zero-order valence-electron chi connectivity index (χ0n) is 15.6. The summed E-state index contributed by atoms with van der Waals surface area (Å²) in [5, 5.41) is 6.84. The number of pyridine rings is 1. The molecule has 1 unspecified atom stereocenters. The first-order valence-electron chi connectivity index (χ1n) is 9.05. The van der Waals surface area contributed by atoms with Gasteiger partial charge in [-0.2, -0.15) is 4.98 Å². The van der Waals surface area contributed by atoms with E-state index in [2.05, 4.69) is 20.4 Å². The Labute approximate surface area is 165 Å². The summed E-state index contributed by atoms with van der Waals surface area (Å²) in [7, 11) is 1.55. The van der Waals surface area contributed by atoms with Crippen molar-refractivity contribution in [3.8, 4) is 11.4 Å². The van der Waals surface area contributed by atoms with Gasteiger partial charge in [0.05, 0.1) is 6.04 Å². The molecule has 1 atom stereocenters. The average Bonchev–Trinajstić information content (AvgIpc) is 3.35. The second kappa shape index (κ2) is 8.04. The summed E-state index contributed by atoms with van der Waals surface area (Å²) in [5.41, 5.74) is 2.61. The molecule has 0 bridgehead atoms. The van der Waals surface area contributed by atoms with Gasteiger partial charge < -0.3 is 14.6 Å². The summed E-state index contributed by atoms with van der Waals surface area (Å²) in [6.45, 7) is 0.243. The highest BCUT2D eigenvalue weighted by Crippen LogP contribution is 2.34. The second-order valence-corrected chi connectivity index (χ2v) is 6.70. The highest BCUT2D eigenvalue weighted by atomic mass is 19.3. The smallest absolute Gasteiger partial charge is 0.270 e. The molecule has 7 nitrogen and oxygen atoms in total. The summed E-state index contributed by atoms with van der Waals surface area (Å²) in [6, 6.07) is 7.85. The molecule has 0 radical (unpaired) electrons. The molecule has 3 aromatic rings. The van der Waals surface area contributed by atoms with E-state index in [1.165, 1.54) is 12.3 Å². The predicted octanol–water partition coefficient (Wildman–Crippen LogP) is 3.63. The van der Waals surface area contributed by atoms with Gasteiger partial charge in [0, 0.05) is 24.4 Å². The van der Waals surface area contributed by atoms with Crippen molar-refractivity contribution in [2.24, 2.45) is 0 Å². The lowest BCUT2D eigenvalue weighted by Gasteiger charge is -2.14. The zero-order valence-corrected chi connectivity index (χ0v) is 15.6. The molecular weight excluding hydrogens is 382 g/mol. The molecule has 1 aliphatic rings. The number of benzene rings is 1. The lowest BCUT2D eigenvalue weighted by molar-refractivity contribution is 0.0931. The van der Waals surface area contributed by atoms with Crippen molar-refractivity contribution in [2.75, 3.05) is 7.11 Å². The van der Waals surface area contributed by atoms with E-state index in [0.717, 1.165) is 29.2 Å². The van der Waals surface area contributed by atoms with E-state index in [1.807, 2.05) is 18.2 Å². The highest BCUT2D eigenvalue weighted by Gasteiger charge is 2.26. The number of hydrogen-bond acceptors (Lipinski definition) is 6. The molecular formula is C20H18F2N4O3. The van der Waals surface area contributed by atoms with Crippen LogP contribution in [0.25, 0.3) is 11.4 Å². The summed E-state index contributed by atoms with van der Waals surface area (Å²) < 4.78 is 35.8. The van der Waals surface area contributed by atoms with Gasteiger partial charge in [0.1, 0.15) is 12.3 Å². The molecule has 29 heavy (non-hydrogen) atoms. The van der Waals surface area contributed by atoms with Gasteiger partial charge in [-0.3, -0.25) is 9.78 Å². The first-order chi connectivity index (χ1) is 14.0. The molecule has 0 fully saturated rings. The van der Waals surface area contributed by atoms with E-state index in [4.69, 9.17) is 9.26 Å². The Hall–Kier alpha value is -3.20. The van der Waals surface area contributed by atoms with Gasteiger partial charge in [0.25, 0.3) is 18.2 Å². The van der Waals surface area contributed by atoms with E-state index in [0.29, 0.717) is 18.1 Å². The largest absolute Gasteiger partial charge is 0.375 e. The maximum atomic E-state index is 12.9. The molecule has 150 valence electrons. The third-order valence-corrected chi connectivity index (χ3v) is 4.79. The van der Waals surface area contributed by atoms with E-state index in [-0.39, 0.29) is 23.9 Å². The summed E-state index contributed by atoms with van der Waals surface area (Å²) >= 11 is 0. The number of ether oxygens (including phenoxy) is 1. The van der Waals surface area contributed by atoms with Crippen LogP contribution in [0.2, 0.25) is 0 Å². The molecule has 0 aliphatic heterocycles.